The summed E-state index contributed by atoms with van der Waals surface area (Å²) in [5, 5.41) is 10.8. The van der Waals surface area contributed by atoms with E-state index in [1.807, 2.05) is 13.8 Å². The standard InChI is InChI=1S/C23H24FN3O.ClH/c1-14-15(2)25-22(21(28)18-8-10-19(24)11-9-18)26-23(14)27-13-12-17-6-4-5-7-20(17)16(27)3;/h4-11,16,21,28H,12-13H2,1-3H3;1H. The Hall–Kier alpha value is -2.50. The average molecular weight is 414 g/mol. The summed E-state index contributed by atoms with van der Waals surface area (Å²) in [7, 11) is 0. The van der Waals surface area contributed by atoms with Crippen LogP contribution in [0, 0.1) is 19.7 Å². The molecule has 2 unspecified atom stereocenters. The van der Waals surface area contributed by atoms with E-state index in [0.717, 1.165) is 30.0 Å². The Morgan fingerprint density at radius 2 is 1.76 bits per heavy atom. The number of aliphatic hydroxyl groups is 1. The van der Waals surface area contributed by atoms with E-state index in [4.69, 9.17) is 4.98 Å². The lowest BCUT2D eigenvalue weighted by atomic mass is 9.93. The molecule has 0 spiro atoms. The van der Waals surface area contributed by atoms with E-state index in [1.165, 1.54) is 23.3 Å². The summed E-state index contributed by atoms with van der Waals surface area (Å²) in [4.78, 5) is 11.5. The highest BCUT2D eigenvalue weighted by molar-refractivity contribution is 5.85. The Kier molecular flexibility index (Phi) is 6.20. The highest BCUT2D eigenvalue weighted by Crippen LogP contribution is 2.35. The minimum Gasteiger partial charge on any atom is -0.380 e. The number of rotatable bonds is 3. The summed E-state index contributed by atoms with van der Waals surface area (Å²) < 4.78 is 13.2. The van der Waals surface area contributed by atoms with Crippen LogP contribution in [-0.4, -0.2) is 21.6 Å². The first-order chi connectivity index (χ1) is 13.5. The van der Waals surface area contributed by atoms with E-state index in [2.05, 4.69) is 41.1 Å². The number of benzene rings is 2. The average Bonchev–Trinajstić information content (AvgIpc) is 2.71. The molecule has 2 aromatic carbocycles. The topological polar surface area (TPSA) is 49.3 Å². The molecule has 1 N–H and O–H groups in total. The van der Waals surface area contributed by atoms with Gasteiger partial charge in [-0.1, -0.05) is 36.4 Å². The molecule has 2 heterocycles. The van der Waals surface area contributed by atoms with Crippen molar-refractivity contribution in [1.82, 2.24) is 9.97 Å². The molecule has 0 fully saturated rings. The lowest BCUT2D eigenvalue weighted by Gasteiger charge is -2.37. The first-order valence-electron chi connectivity index (χ1n) is 9.59. The molecule has 4 nitrogen and oxygen atoms in total. The molecular weight excluding hydrogens is 389 g/mol. The lowest BCUT2D eigenvalue weighted by molar-refractivity contribution is 0.209. The molecular formula is C23H25ClFN3O. The third kappa shape index (κ3) is 3.98. The second-order valence-electron chi connectivity index (χ2n) is 7.39. The molecule has 2 atom stereocenters. The van der Waals surface area contributed by atoms with Gasteiger partial charge in [0.25, 0.3) is 0 Å². The van der Waals surface area contributed by atoms with Gasteiger partial charge in [0.2, 0.25) is 0 Å². The van der Waals surface area contributed by atoms with Crippen LogP contribution in [0.4, 0.5) is 10.2 Å². The normalized spacial score (nSPS) is 16.7. The van der Waals surface area contributed by atoms with Crippen LogP contribution in [0.25, 0.3) is 0 Å². The van der Waals surface area contributed by atoms with Gasteiger partial charge in [0, 0.05) is 17.8 Å². The predicted molar refractivity (Wildman–Crippen MR) is 115 cm³/mol. The summed E-state index contributed by atoms with van der Waals surface area (Å²) in [6, 6.07) is 14.5. The Balaban J connectivity index is 0.00000240. The largest absolute Gasteiger partial charge is 0.380 e. The maximum atomic E-state index is 13.2. The molecule has 0 bridgehead atoms. The van der Waals surface area contributed by atoms with Crippen LogP contribution in [0.5, 0.6) is 0 Å². The van der Waals surface area contributed by atoms with Gasteiger partial charge in [-0.15, -0.1) is 12.4 Å². The second-order valence-corrected chi connectivity index (χ2v) is 7.39. The number of hydrogen-bond acceptors (Lipinski definition) is 4. The van der Waals surface area contributed by atoms with Crippen molar-refractivity contribution in [3.8, 4) is 0 Å². The van der Waals surface area contributed by atoms with Crippen molar-refractivity contribution in [2.75, 3.05) is 11.4 Å². The van der Waals surface area contributed by atoms with Gasteiger partial charge in [0.15, 0.2) is 5.82 Å². The summed E-state index contributed by atoms with van der Waals surface area (Å²) >= 11 is 0. The summed E-state index contributed by atoms with van der Waals surface area (Å²) in [5.74, 6) is 0.861. The predicted octanol–water partition coefficient (Wildman–Crippen LogP) is 4.86. The van der Waals surface area contributed by atoms with E-state index in [-0.39, 0.29) is 24.3 Å². The number of halogens is 2. The second kappa shape index (κ2) is 8.47. The van der Waals surface area contributed by atoms with Crippen molar-refractivity contribution in [3.05, 3.63) is 88.1 Å². The molecule has 1 aliphatic heterocycles. The highest BCUT2D eigenvalue weighted by atomic mass is 35.5. The van der Waals surface area contributed by atoms with Gasteiger partial charge in [0.1, 0.15) is 17.7 Å². The van der Waals surface area contributed by atoms with Gasteiger partial charge < -0.3 is 10.0 Å². The van der Waals surface area contributed by atoms with Crippen molar-refractivity contribution in [1.29, 1.82) is 0 Å². The highest BCUT2D eigenvalue weighted by Gasteiger charge is 2.27. The summed E-state index contributed by atoms with van der Waals surface area (Å²) in [5.41, 5.74) is 5.12. The van der Waals surface area contributed by atoms with Gasteiger partial charge in [-0.3, -0.25) is 0 Å². The molecule has 4 rings (SSSR count). The zero-order valence-electron chi connectivity index (χ0n) is 16.8. The van der Waals surface area contributed by atoms with Crippen molar-refractivity contribution >= 4 is 18.2 Å². The molecule has 0 radical (unpaired) electrons. The number of hydrogen-bond donors (Lipinski definition) is 1. The molecule has 1 aliphatic rings. The first kappa shape index (κ1) is 21.2. The van der Waals surface area contributed by atoms with Crippen molar-refractivity contribution in [3.63, 3.8) is 0 Å². The SMILES string of the molecule is Cc1nc(C(O)c2ccc(F)cc2)nc(N2CCc3ccccc3C2C)c1C.Cl. The molecule has 0 amide bonds. The summed E-state index contributed by atoms with van der Waals surface area (Å²) in [6.07, 6.45) is -0.0372. The fourth-order valence-electron chi connectivity index (χ4n) is 3.89. The van der Waals surface area contributed by atoms with Gasteiger partial charge in [-0.25, -0.2) is 14.4 Å². The maximum absolute atomic E-state index is 13.2. The third-order valence-electron chi connectivity index (χ3n) is 5.68. The number of aliphatic hydroxyl groups excluding tert-OH is 1. The van der Waals surface area contributed by atoms with E-state index in [9.17, 15) is 9.50 Å². The minimum absolute atomic E-state index is 0. The number of aromatic nitrogens is 2. The Bertz CT molecular complexity index is 1010. The van der Waals surface area contributed by atoms with Gasteiger partial charge >= 0.3 is 0 Å². The number of aryl methyl sites for hydroxylation is 1. The van der Waals surface area contributed by atoms with Crippen molar-refractivity contribution < 1.29 is 9.50 Å². The van der Waals surface area contributed by atoms with E-state index in [0.29, 0.717) is 11.4 Å². The summed E-state index contributed by atoms with van der Waals surface area (Å²) in [6.45, 7) is 7.00. The minimum atomic E-state index is -0.994. The van der Waals surface area contributed by atoms with Crippen LogP contribution >= 0.6 is 12.4 Å². The zero-order valence-corrected chi connectivity index (χ0v) is 17.6. The first-order valence-corrected chi connectivity index (χ1v) is 9.59. The molecule has 0 aliphatic carbocycles. The Labute approximate surface area is 176 Å². The quantitative estimate of drug-likeness (QED) is 0.666. The molecule has 0 saturated heterocycles. The molecule has 3 aromatic rings. The third-order valence-corrected chi connectivity index (χ3v) is 5.68. The number of nitrogens with zero attached hydrogens (tertiary/aromatic N) is 3. The van der Waals surface area contributed by atoms with E-state index >= 15 is 0 Å². The van der Waals surface area contributed by atoms with Crippen LogP contribution in [0.3, 0.4) is 0 Å². The van der Waals surface area contributed by atoms with Crippen LogP contribution < -0.4 is 4.90 Å². The van der Waals surface area contributed by atoms with E-state index in [1.54, 1.807) is 12.1 Å². The van der Waals surface area contributed by atoms with E-state index < -0.39 is 6.10 Å². The fraction of sp³-hybridized carbons (Fsp3) is 0.304. The Morgan fingerprint density at radius 1 is 1.07 bits per heavy atom. The molecule has 6 heteroatoms. The molecule has 1 aromatic heterocycles. The van der Waals surface area contributed by atoms with Crippen molar-refractivity contribution in [2.45, 2.75) is 39.3 Å². The number of fused-ring (bicyclic) bond motifs is 1. The fourth-order valence-corrected chi connectivity index (χ4v) is 3.89. The monoisotopic (exact) mass is 413 g/mol. The van der Waals surface area contributed by atoms with Crippen LogP contribution in [-0.2, 0) is 6.42 Å². The van der Waals surface area contributed by atoms with Crippen LogP contribution in [0.1, 0.15) is 52.8 Å². The van der Waals surface area contributed by atoms with Crippen molar-refractivity contribution in [2.24, 2.45) is 0 Å². The molecule has 152 valence electrons. The maximum Gasteiger partial charge on any atom is 0.164 e. The van der Waals surface area contributed by atoms with Gasteiger partial charge in [-0.2, -0.15) is 0 Å². The van der Waals surface area contributed by atoms with Crippen LogP contribution in [0.15, 0.2) is 48.5 Å². The number of anilines is 1. The van der Waals surface area contributed by atoms with Crippen LogP contribution in [0.2, 0.25) is 0 Å². The molecule has 29 heavy (non-hydrogen) atoms. The lowest BCUT2D eigenvalue weighted by Crippen LogP contribution is -2.35. The van der Waals surface area contributed by atoms with Gasteiger partial charge in [-0.05, 0) is 56.0 Å². The smallest absolute Gasteiger partial charge is 0.164 e. The van der Waals surface area contributed by atoms with Gasteiger partial charge in [0.05, 0.1) is 6.04 Å². The Morgan fingerprint density at radius 3 is 2.48 bits per heavy atom. The molecule has 0 saturated carbocycles. The zero-order chi connectivity index (χ0) is 19.8.